The quantitative estimate of drug-likeness (QED) is 0.554. The van der Waals surface area contributed by atoms with Gasteiger partial charge in [0.25, 0.3) is 12.2 Å². The van der Waals surface area contributed by atoms with Gasteiger partial charge in [0, 0.05) is 22.7 Å². The lowest BCUT2D eigenvalue weighted by Gasteiger charge is -2.12. The van der Waals surface area contributed by atoms with Crippen LogP contribution in [0.1, 0.15) is 17.6 Å². The molecule has 2 aromatic carbocycles. The Kier molecular flexibility index (Phi) is 5.50. The van der Waals surface area contributed by atoms with Crippen LogP contribution >= 0.6 is 11.8 Å². The highest BCUT2D eigenvalue weighted by molar-refractivity contribution is 7.99. The molecule has 0 saturated heterocycles. The first-order chi connectivity index (χ1) is 10.1. The molecule has 0 heterocycles. The van der Waals surface area contributed by atoms with Gasteiger partial charge in [0.2, 0.25) is 0 Å². The van der Waals surface area contributed by atoms with E-state index in [0.717, 1.165) is 0 Å². The molecule has 1 nitrogen and oxygen atoms in total. The highest BCUT2D eigenvalue weighted by Crippen LogP contribution is 2.32. The number of benzene rings is 2. The Bertz CT molecular complexity index is 589. The molecule has 0 amide bonds. The Labute approximate surface area is 124 Å². The van der Waals surface area contributed by atoms with Gasteiger partial charge in [0.15, 0.2) is 0 Å². The summed E-state index contributed by atoms with van der Waals surface area (Å²) in [5, 5.41) is 3.00. The first-order valence-electron chi connectivity index (χ1n) is 6.21. The number of alkyl halides is 4. The molecule has 0 aliphatic heterocycles. The lowest BCUT2D eigenvalue weighted by molar-refractivity contribution is 0.151. The van der Waals surface area contributed by atoms with E-state index in [2.05, 4.69) is 5.32 Å². The molecule has 0 fully saturated rings. The maximum atomic E-state index is 12.6. The lowest BCUT2D eigenvalue weighted by Crippen LogP contribution is -2.01. The Morgan fingerprint density at radius 1 is 0.952 bits per heavy atom. The van der Waals surface area contributed by atoms with E-state index in [0.29, 0.717) is 34.5 Å². The molecular weight excluding hydrogens is 302 g/mol. The van der Waals surface area contributed by atoms with Crippen molar-refractivity contribution in [3.63, 3.8) is 0 Å². The molecule has 2 aromatic rings. The van der Waals surface area contributed by atoms with Gasteiger partial charge in [-0.2, -0.15) is 8.78 Å². The molecule has 0 spiro atoms. The lowest BCUT2D eigenvalue weighted by atomic mass is 10.1. The molecule has 112 valence electrons. The highest BCUT2D eigenvalue weighted by Gasteiger charge is 2.10. The van der Waals surface area contributed by atoms with E-state index in [-0.39, 0.29) is 5.56 Å². The third-order valence-electron chi connectivity index (χ3n) is 2.79. The van der Waals surface area contributed by atoms with Gasteiger partial charge in [0.1, 0.15) is 0 Å². The van der Waals surface area contributed by atoms with Crippen LogP contribution in [-0.2, 0) is 6.54 Å². The average Bonchev–Trinajstić information content (AvgIpc) is 2.46. The molecule has 0 unspecified atom stereocenters. The van der Waals surface area contributed by atoms with Gasteiger partial charge in [-0.25, -0.2) is 8.78 Å². The van der Waals surface area contributed by atoms with Crippen molar-refractivity contribution in [2.75, 3.05) is 5.32 Å². The third-order valence-corrected chi connectivity index (χ3v) is 3.58. The van der Waals surface area contributed by atoms with Crippen LogP contribution in [0.5, 0.6) is 0 Å². The van der Waals surface area contributed by atoms with E-state index in [1.54, 1.807) is 36.4 Å². The van der Waals surface area contributed by atoms with Gasteiger partial charge in [-0.15, -0.1) is 0 Å². The van der Waals surface area contributed by atoms with Crippen molar-refractivity contribution in [3.8, 4) is 0 Å². The van der Waals surface area contributed by atoms with Gasteiger partial charge >= 0.3 is 0 Å². The van der Waals surface area contributed by atoms with Crippen molar-refractivity contribution >= 4 is 17.4 Å². The summed E-state index contributed by atoms with van der Waals surface area (Å²) < 4.78 is 50.1. The molecule has 0 saturated carbocycles. The molecule has 0 atom stereocenters. The molecular formula is C15H13F4NS. The molecule has 21 heavy (non-hydrogen) atoms. The summed E-state index contributed by atoms with van der Waals surface area (Å²) in [6.45, 7) is 0.293. The minimum atomic E-state index is -2.52. The molecule has 0 aliphatic rings. The molecule has 6 heteroatoms. The number of anilines is 1. The summed E-state index contributed by atoms with van der Waals surface area (Å²) in [7, 11) is 0. The van der Waals surface area contributed by atoms with Crippen molar-refractivity contribution < 1.29 is 17.6 Å². The molecule has 0 aromatic heterocycles. The summed E-state index contributed by atoms with van der Waals surface area (Å²) in [6.07, 6.45) is -2.52. The zero-order chi connectivity index (χ0) is 15.2. The number of hydrogen-bond acceptors (Lipinski definition) is 2. The topological polar surface area (TPSA) is 12.0 Å². The maximum absolute atomic E-state index is 12.6. The summed E-state index contributed by atoms with van der Waals surface area (Å²) >= 11 is 0.452. The van der Waals surface area contributed by atoms with Crippen LogP contribution in [0.4, 0.5) is 23.2 Å². The summed E-state index contributed by atoms with van der Waals surface area (Å²) in [5.74, 6) is -2.50. The molecule has 0 bridgehead atoms. The van der Waals surface area contributed by atoms with Crippen LogP contribution in [0.3, 0.4) is 0 Å². The summed E-state index contributed by atoms with van der Waals surface area (Å²) in [4.78, 5) is 0.428. The smallest absolute Gasteiger partial charge is 0.288 e. The fourth-order valence-corrected chi connectivity index (χ4v) is 2.46. The van der Waals surface area contributed by atoms with Gasteiger partial charge in [-0.1, -0.05) is 42.1 Å². The number of nitrogens with one attached hydrogen (secondary N) is 1. The van der Waals surface area contributed by atoms with E-state index in [1.807, 2.05) is 0 Å². The van der Waals surface area contributed by atoms with Crippen molar-refractivity contribution in [2.24, 2.45) is 0 Å². The van der Waals surface area contributed by atoms with Gasteiger partial charge in [0.05, 0.1) is 0 Å². The number of halogens is 4. The Balaban J connectivity index is 2.08. The van der Waals surface area contributed by atoms with Gasteiger partial charge in [-0.05, 0) is 23.8 Å². The van der Waals surface area contributed by atoms with Gasteiger partial charge in [-0.3, -0.25) is 0 Å². The minimum Gasteiger partial charge on any atom is -0.380 e. The van der Waals surface area contributed by atoms with Crippen LogP contribution in [0.25, 0.3) is 0 Å². The van der Waals surface area contributed by atoms with Crippen LogP contribution in [0.15, 0.2) is 53.4 Å². The number of hydrogen-bond donors (Lipinski definition) is 1. The van der Waals surface area contributed by atoms with Crippen molar-refractivity contribution in [1.29, 1.82) is 0 Å². The van der Waals surface area contributed by atoms with Crippen molar-refractivity contribution in [2.45, 2.75) is 23.6 Å². The monoisotopic (exact) mass is 315 g/mol. The Morgan fingerprint density at radius 3 is 2.43 bits per heavy atom. The summed E-state index contributed by atoms with van der Waals surface area (Å²) in [6, 6.07) is 12.7. The normalized spacial score (nSPS) is 11.1. The standard InChI is InChI=1S/C15H13F4NS/c16-14(17)11-5-3-4-10(8-11)9-20-12-6-1-2-7-13(12)21-15(18)19/h1-8,14-15,20H,9H2. The SMILES string of the molecule is FC(F)Sc1ccccc1NCc1cccc(C(F)F)c1. The fraction of sp³-hybridized carbons (Fsp3) is 0.200. The van der Waals surface area contributed by atoms with E-state index in [4.69, 9.17) is 0 Å². The van der Waals surface area contributed by atoms with Crippen LogP contribution in [-0.4, -0.2) is 5.76 Å². The molecule has 2 rings (SSSR count). The summed E-state index contributed by atoms with van der Waals surface area (Å²) in [5.41, 5.74) is 1.18. The molecule has 0 aliphatic carbocycles. The van der Waals surface area contributed by atoms with E-state index in [1.165, 1.54) is 12.1 Å². The molecule has 0 radical (unpaired) electrons. The fourth-order valence-electron chi connectivity index (χ4n) is 1.85. The van der Waals surface area contributed by atoms with E-state index in [9.17, 15) is 17.6 Å². The zero-order valence-electron chi connectivity index (χ0n) is 10.9. The van der Waals surface area contributed by atoms with Crippen LogP contribution in [0, 0.1) is 0 Å². The van der Waals surface area contributed by atoms with Crippen molar-refractivity contribution in [3.05, 3.63) is 59.7 Å². The predicted octanol–water partition coefficient (Wildman–Crippen LogP) is 5.55. The van der Waals surface area contributed by atoms with Gasteiger partial charge < -0.3 is 5.32 Å². The molecule has 1 N–H and O–H groups in total. The number of rotatable bonds is 6. The third kappa shape index (κ3) is 4.67. The average molecular weight is 315 g/mol. The van der Waals surface area contributed by atoms with E-state index < -0.39 is 12.2 Å². The first kappa shape index (κ1) is 15.7. The van der Waals surface area contributed by atoms with Crippen LogP contribution < -0.4 is 5.32 Å². The highest BCUT2D eigenvalue weighted by atomic mass is 32.2. The van der Waals surface area contributed by atoms with Crippen LogP contribution in [0.2, 0.25) is 0 Å². The second kappa shape index (κ2) is 7.36. The van der Waals surface area contributed by atoms with E-state index >= 15 is 0 Å². The maximum Gasteiger partial charge on any atom is 0.288 e. The Hall–Kier alpha value is -1.69. The number of thioether (sulfide) groups is 1. The second-order valence-electron chi connectivity index (χ2n) is 4.27. The zero-order valence-corrected chi connectivity index (χ0v) is 11.7. The largest absolute Gasteiger partial charge is 0.380 e. The second-order valence-corrected chi connectivity index (χ2v) is 5.31. The number of para-hydroxylation sites is 1. The predicted molar refractivity (Wildman–Crippen MR) is 77.0 cm³/mol. The minimum absolute atomic E-state index is 0.0514. The van der Waals surface area contributed by atoms with Crippen molar-refractivity contribution in [1.82, 2.24) is 0 Å². The first-order valence-corrected chi connectivity index (χ1v) is 7.09. The Morgan fingerprint density at radius 2 is 1.71 bits per heavy atom.